The second-order valence-electron chi connectivity index (χ2n) is 5.31. The number of H-pyrrole nitrogens is 1. The Kier molecular flexibility index (Phi) is 4.49. The van der Waals surface area contributed by atoms with Gasteiger partial charge in [0.05, 0.1) is 26.3 Å². The van der Waals surface area contributed by atoms with Crippen molar-refractivity contribution in [3.8, 4) is 22.8 Å². The number of rotatable bonds is 5. The molecule has 0 aliphatic rings. The second-order valence-corrected chi connectivity index (χ2v) is 6.22. The van der Waals surface area contributed by atoms with Gasteiger partial charge in [-0.25, -0.2) is 0 Å². The standard InChI is InChI=1S/C18H16BrNO4/c1-23-11-4-5-15-12(8-11)13(9-17(21)22)18(20-15)14-7-10(19)3-6-16(14)24-2/h3-8,20H,9H2,1-2H3,(H,21,22). The number of nitrogens with one attached hydrogen (secondary N) is 1. The zero-order chi connectivity index (χ0) is 17.3. The molecule has 0 bridgehead atoms. The fourth-order valence-corrected chi connectivity index (χ4v) is 3.16. The molecule has 0 spiro atoms. The van der Waals surface area contributed by atoms with E-state index < -0.39 is 5.97 Å². The summed E-state index contributed by atoms with van der Waals surface area (Å²) in [6.45, 7) is 0. The average molecular weight is 390 g/mol. The molecule has 2 aromatic carbocycles. The number of aliphatic carboxylic acids is 1. The lowest BCUT2D eigenvalue weighted by molar-refractivity contribution is -0.136. The van der Waals surface area contributed by atoms with Crippen LogP contribution < -0.4 is 9.47 Å². The van der Waals surface area contributed by atoms with Crippen LogP contribution in [0.15, 0.2) is 40.9 Å². The normalized spacial score (nSPS) is 10.8. The van der Waals surface area contributed by atoms with E-state index in [1.165, 1.54) is 0 Å². The van der Waals surface area contributed by atoms with E-state index in [0.717, 1.165) is 26.6 Å². The molecule has 2 N–H and O–H groups in total. The van der Waals surface area contributed by atoms with Gasteiger partial charge in [0.1, 0.15) is 11.5 Å². The first-order valence-corrected chi connectivity index (χ1v) is 8.07. The Morgan fingerprint density at radius 2 is 1.96 bits per heavy atom. The van der Waals surface area contributed by atoms with Crippen LogP contribution >= 0.6 is 15.9 Å². The average Bonchev–Trinajstić information content (AvgIpc) is 2.91. The maximum absolute atomic E-state index is 11.4. The van der Waals surface area contributed by atoms with Gasteiger partial charge in [0.15, 0.2) is 0 Å². The van der Waals surface area contributed by atoms with Gasteiger partial charge >= 0.3 is 5.97 Å². The van der Waals surface area contributed by atoms with Crippen LogP contribution in [0.2, 0.25) is 0 Å². The third kappa shape index (κ3) is 2.97. The van der Waals surface area contributed by atoms with Crippen molar-refractivity contribution in [1.82, 2.24) is 4.98 Å². The summed E-state index contributed by atoms with van der Waals surface area (Å²) in [5.41, 5.74) is 3.09. The fourth-order valence-electron chi connectivity index (χ4n) is 2.79. The summed E-state index contributed by atoms with van der Waals surface area (Å²) in [4.78, 5) is 14.7. The van der Waals surface area contributed by atoms with Crippen molar-refractivity contribution in [2.75, 3.05) is 14.2 Å². The molecule has 5 nitrogen and oxygen atoms in total. The van der Waals surface area contributed by atoms with Gasteiger partial charge in [0.2, 0.25) is 0 Å². The Morgan fingerprint density at radius 3 is 2.62 bits per heavy atom. The molecule has 0 aliphatic carbocycles. The number of carbonyl (C=O) groups is 1. The minimum Gasteiger partial charge on any atom is -0.497 e. The van der Waals surface area contributed by atoms with Gasteiger partial charge in [-0.1, -0.05) is 15.9 Å². The molecule has 6 heteroatoms. The molecule has 0 fully saturated rings. The van der Waals surface area contributed by atoms with E-state index in [0.29, 0.717) is 17.1 Å². The van der Waals surface area contributed by atoms with E-state index in [1.54, 1.807) is 14.2 Å². The first-order valence-electron chi connectivity index (χ1n) is 7.27. The lowest BCUT2D eigenvalue weighted by Gasteiger charge is -2.10. The molecule has 1 heterocycles. The van der Waals surface area contributed by atoms with Gasteiger partial charge in [0, 0.05) is 20.9 Å². The number of hydrogen-bond acceptors (Lipinski definition) is 3. The van der Waals surface area contributed by atoms with E-state index >= 15 is 0 Å². The summed E-state index contributed by atoms with van der Waals surface area (Å²) in [5.74, 6) is 0.457. The van der Waals surface area contributed by atoms with Crippen LogP contribution in [-0.4, -0.2) is 30.3 Å². The van der Waals surface area contributed by atoms with Crippen molar-refractivity contribution < 1.29 is 19.4 Å². The largest absolute Gasteiger partial charge is 0.497 e. The highest BCUT2D eigenvalue weighted by Gasteiger charge is 2.19. The van der Waals surface area contributed by atoms with Crippen LogP contribution in [0.3, 0.4) is 0 Å². The number of benzene rings is 2. The topological polar surface area (TPSA) is 71.5 Å². The van der Waals surface area contributed by atoms with Crippen molar-refractivity contribution in [3.05, 3.63) is 46.4 Å². The molecule has 0 saturated carbocycles. The first-order chi connectivity index (χ1) is 11.5. The molecule has 0 radical (unpaired) electrons. The van der Waals surface area contributed by atoms with Gasteiger partial charge in [0.25, 0.3) is 0 Å². The SMILES string of the molecule is COc1ccc2[nH]c(-c3cc(Br)ccc3OC)c(CC(=O)O)c2c1. The van der Waals surface area contributed by atoms with E-state index in [2.05, 4.69) is 20.9 Å². The van der Waals surface area contributed by atoms with Crippen molar-refractivity contribution in [2.24, 2.45) is 0 Å². The summed E-state index contributed by atoms with van der Waals surface area (Å²) in [7, 11) is 3.18. The third-order valence-electron chi connectivity index (χ3n) is 3.87. The summed E-state index contributed by atoms with van der Waals surface area (Å²) in [5, 5.41) is 10.2. The minimum absolute atomic E-state index is 0.0990. The van der Waals surface area contributed by atoms with Crippen molar-refractivity contribution >= 4 is 32.8 Å². The first kappa shape index (κ1) is 16.4. The van der Waals surface area contributed by atoms with Gasteiger partial charge in [-0.15, -0.1) is 0 Å². The summed E-state index contributed by atoms with van der Waals surface area (Å²) in [6, 6.07) is 11.2. The number of hydrogen-bond donors (Lipinski definition) is 2. The van der Waals surface area contributed by atoms with Crippen LogP contribution in [0.5, 0.6) is 11.5 Å². The van der Waals surface area contributed by atoms with Crippen LogP contribution in [0.1, 0.15) is 5.56 Å². The number of carboxylic acid groups (broad SMARTS) is 1. The Morgan fingerprint density at radius 1 is 1.17 bits per heavy atom. The van der Waals surface area contributed by atoms with Crippen molar-refractivity contribution in [1.29, 1.82) is 0 Å². The number of methoxy groups -OCH3 is 2. The van der Waals surface area contributed by atoms with E-state index in [1.807, 2.05) is 36.4 Å². The monoisotopic (exact) mass is 389 g/mol. The second kappa shape index (κ2) is 6.57. The highest BCUT2D eigenvalue weighted by molar-refractivity contribution is 9.10. The lowest BCUT2D eigenvalue weighted by Crippen LogP contribution is -2.01. The van der Waals surface area contributed by atoms with E-state index in [-0.39, 0.29) is 6.42 Å². The van der Waals surface area contributed by atoms with E-state index in [4.69, 9.17) is 9.47 Å². The molecular formula is C18H16BrNO4. The highest BCUT2D eigenvalue weighted by Crippen LogP contribution is 2.38. The van der Waals surface area contributed by atoms with Gasteiger partial charge in [-0.05, 0) is 42.0 Å². The van der Waals surface area contributed by atoms with Crippen molar-refractivity contribution in [2.45, 2.75) is 6.42 Å². The fraction of sp³-hybridized carbons (Fsp3) is 0.167. The summed E-state index contributed by atoms with van der Waals surface area (Å²) in [6.07, 6.45) is -0.0990. The molecule has 0 aliphatic heterocycles. The van der Waals surface area contributed by atoms with Crippen molar-refractivity contribution in [3.63, 3.8) is 0 Å². The quantitative estimate of drug-likeness (QED) is 0.684. The zero-order valence-electron chi connectivity index (χ0n) is 13.2. The number of halogens is 1. The molecule has 24 heavy (non-hydrogen) atoms. The minimum atomic E-state index is -0.895. The lowest BCUT2D eigenvalue weighted by atomic mass is 10.0. The van der Waals surface area contributed by atoms with Crippen LogP contribution in [0, 0.1) is 0 Å². The molecular weight excluding hydrogens is 374 g/mol. The highest BCUT2D eigenvalue weighted by atomic mass is 79.9. The molecule has 3 rings (SSSR count). The van der Waals surface area contributed by atoms with Gasteiger partial charge < -0.3 is 19.6 Å². The Bertz CT molecular complexity index is 917. The maximum atomic E-state index is 11.4. The molecule has 124 valence electrons. The predicted molar refractivity (Wildman–Crippen MR) is 95.9 cm³/mol. The third-order valence-corrected chi connectivity index (χ3v) is 4.37. The molecule has 0 atom stereocenters. The zero-order valence-corrected chi connectivity index (χ0v) is 14.8. The molecule has 0 unspecified atom stereocenters. The number of fused-ring (bicyclic) bond motifs is 1. The van der Waals surface area contributed by atoms with Gasteiger partial charge in [-0.2, -0.15) is 0 Å². The van der Waals surface area contributed by atoms with Crippen LogP contribution in [0.25, 0.3) is 22.2 Å². The van der Waals surface area contributed by atoms with Gasteiger partial charge in [-0.3, -0.25) is 4.79 Å². The van der Waals surface area contributed by atoms with Crippen LogP contribution in [0.4, 0.5) is 0 Å². The summed E-state index contributed by atoms with van der Waals surface area (Å²) < 4.78 is 11.6. The summed E-state index contributed by atoms with van der Waals surface area (Å²) >= 11 is 3.46. The maximum Gasteiger partial charge on any atom is 0.307 e. The van der Waals surface area contributed by atoms with E-state index in [9.17, 15) is 9.90 Å². The number of aromatic nitrogens is 1. The number of carboxylic acids is 1. The smallest absolute Gasteiger partial charge is 0.307 e. The number of ether oxygens (including phenoxy) is 2. The molecule has 1 aromatic heterocycles. The van der Waals surface area contributed by atoms with Crippen LogP contribution in [-0.2, 0) is 11.2 Å². The molecule has 0 amide bonds. The Hall–Kier alpha value is -2.47. The molecule has 3 aromatic rings. The number of aromatic amines is 1. The Balaban J connectivity index is 2.31. The molecule has 0 saturated heterocycles. The predicted octanol–water partition coefficient (Wildman–Crippen LogP) is 4.24. The Labute approximate surface area is 147 Å².